The van der Waals surface area contributed by atoms with Gasteiger partial charge in [0.05, 0.1) is 11.1 Å². The fourth-order valence-electron chi connectivity index (χ4n) is 3.08. The van der Waals surface area contributed by atoms with Crippen molar-refractivity contribution in [2.45, 2.75) is 6.61 Å². The molecule has 4 rings (SSSR count). The highest BCUT2D eigenvalue weighted by atomic mass is 16.5. The SMILES string of the molecule is CN1C(=O)c2ccc(NC(=O)c3ccc(COc4ccccc4)cc3)cc2C1=O. The first-order valence-electron chi connectivity index (χ1n) is 9.07. The normalized spacial score (nSPS) is 12.7. The molecule has 3 aromatic carbocycles. The summed E-state index contributed by atoms with van der Waals surface area (Å²) in [6.45, 7) is 0.403. The van der Waals surface area contributed by atoms with Crippen molar-refractivity contribution >= 4 is 23.4 Å². The Morgan fingerprint density at radius 2 is 1.59 bits per heavy atom. The number of nitrogens with zero attached hydrogens (tertiary/aromatic N) is 1. The van der Waals surface area contributed by atoms with Crippen molar-refractivity contribution in [2.24, 2.45) is 0 Å². The molecule has 0 radical (unpaired) electrons. The van der Waals surface area contributed by atoms with E-state index in [1.165, 1.54) is 13.1 Å². The maximum absolute atomic E-state index is 12.5. The van der Waals surface area contributed by atoms with Crippen LogP contribution in [-0.4, -0.2) is 29.7 Å². The Morgan fingerprint density at radius 3 is 2.31 bits per heavy atom. The summed E-state index contributed by atoms with van der Waals surface area (Å²) in [5.41, 5.74) is 2.52. The standard InChI is InChI=1S/C23H18N2O4/c1-25-22(27)19-12-11-17(13-20(19)23(25)28)24-21(26)16-9-7-15(8-10-16)14-29-18-5-3-2-4-6-18/h2-13H,14H2,1H3,(H,24,26). The third-order valence-corrected chi connectivity index (χ3v) is 4.71. The van der Waals surface area contributed by atoms with Crippen molar-refractivity contribution in [3.8, 4) is 5.75 Å². The maximum atomic E-state index is 12.5. The van der Waals surface area contributed by atoms with E-state index in [2.05, 4.69) is 5.32 Å². The molecule has 1 aliphatic rings. The molecule has 0 aromatic heterocycles. The fourth-order valence-corrected chi connectivity index (χ4v) is 3.08. The number of anilines is 1. The van der Waals surface area contributed by atoms with Gasteiger partial charge in [-0.25, -0.2) is 0 Å². The number of rotatable bonds is 5. The lowest BCUT2D eigenvalue weighted by Crippen LogP contribution is -2.24. The zero-order valence-corrected chi connectivity index (χ0v) is 15.7. The molecular weight excluding hydrogens is 368 g/mol. The molecule has 1 N–H and O–H groups in total. The lowest BCUT2D eigenvalue weighted by molar-refractivity contribution is 0.0692. The second kappa shape index (κ2) is 7.59. The van der Waals surface area contributed by atoms with E-state index in [0.29, 0.717) is 29.0 Å². The van der Waals surface area contributed by atoms with Crippen LogP contribution in [0.1, 0.15) is 36.6 Å². The van der Waals surface area contributed by atoms with Crippen LogP contribution in [0.2, 0.25) is 0 Å². The first-order valence-corrected chi connectivity index (χ1v) is 9.07. The molecule has 3 aromatic rings. The molecule has 29 heavy (non-hydrogen) atoms. The van der Waals surface area contributed by atoms with E-state index in [1.807, 2.05) is 42.5 Å². The number of carbonyl (C=O) groups is 3. The van der Waals surface area contributed by atoms with Gasteiger partial charge in [-0.1, -0.05) is 30.3 Å². The summed E-state index contributed by atoms with van der Waals surface area (Å²) in [5.74, 6) is -0.227. The van der Waals surface area contributed by atoms with Gasteiger partial charge in [0, 0.05) is 18.3 Å². The number of nitrogens with one attached hydrogen (secondary N) is 1. The topological polar surface area (TPSA) is 75.7 Å². The lowest BCUT2D eigenvalue weighted by atomic mass is 10.1. The summed E-state index contributed by atoms with van der Waals surface area (Å²) in [6, 6.07) is 21.3. The second-order valence-corrected chi connectivity index (χ2v) is 6.68. The Balaban J connectivity index is 1.42. The van der Waals surface area contributed by atoms with Gasteiger partial charge in [0.2, 0.25) is 0 Å². The average Bonchev–Trinajstić information content (AvgIpc) is 2.97. The van der Waals surface area contributed by atoms with Crippen molar-refractivity contribution in [1.82, 2.24) is 4.90 Å². The summed E-state index contributed by atoms with van der Waals surface area (Å²) < 4.78 is 5.69. The van der Waals surface area contributed by atoms with Gasteiger partial charge >= 0.3 is 0 Å². The summed E-state index contributed by atoms with van der Waals surface area (Å²) in [7, 11) is 1.44. The number of ether oxygens (including phenoxy) is 1. The van der Waals surface area contributed by atoms with Crippen molar-refractivity contribution < 1.29 is 19.1 Å². The van der Waals surface area contributed by atoms with Gasteiger partial charge in [0.25, 0.3) is 17.7 Å². The van der Waals surface area contributed by atoms with Crippen LogP contribution < -0.4 is 10.1 Å². The Bertz CT molecular complexity index is 1090. The molecule has 0 saturated carbocycles. The molecule has 0 saturated heterocycles. The van der Waals surface area contributed by atoms with Crippen LogP contribution in [0.3, 0.4) is 0 Å². The van der Waals surface area contributed by atoms with Crippen molar-refractivity contribution in [3.05, 3.63) is 95.1 Å². The number of amides is 3. The minimum Gasteiger partial charge on any atom is -0.489 e. The molecule has 0 bridgehead atoms. The third-order valence-electron chi connectivity index (χ3n) is 4.71. The highest BCUT2D eigenvalue weighted by Crippen LogP contribution is 2.25. The Labute approximate surface area is 167 Å². The Morgan fingerprint density at radius 1 is 0.897 bits per heavy atom. The van der Waals surface area contributed by atoms with Crippen LogP contribution in [0.25, 0.3) is 0 Å². The predicted octanol–water partition coefficient (Wildman–Crippen LogP) is 3.74. The largest absolute Gasteiger partial charge is 0.489 e. The number of hydrogen-bond donors (Lipinski definition) is 1. The molecule has 0 fully saturated rings. The summed E-state index contributed by atoms with van der Waals surface area (Å²) in [6.07, 6.45) is 0. The molecule has 1 aliphatic heterocycles. The van der Waals surface area contributed by atoms with Gasteiger partial charge in [-0.2, -0.15) is 0 Å². The zero-order chi connectivity index (χ0) is 20.4. The highest BCUT2D eigenvalue weighted by Gasteiger charge is 2.32. The zero-order valence-electron chi connectivity index (χ0n) is 15.7. The van der Waals surface area contributed by atoms with Crippen molar-refractivity contribution in [2.75, 3.05) is 12.4 Å². The van der Waals surface area contributed by atoms with Gasteiger partial charge in [-0.15, -0.1) is 0 Å². The van der Waals surface area contributed by atoms with Crippen LogP contribution in [0.4, 0.5) is 5.69 Å². The van der Waals surface area contributed by atoms with Gasteiger partial charge in [0.15, 0.2) is 0 Å². The van der Waals surface area contributed by atoms with Crippen LogP contribution in [-0.2, 0) is 6.61 Å². The maximum Gasteiger partial charge on any atom is 0.261 e. The van der Waals surface area contributed by atoms with Crippen molar-refractivity contribution in [3.63, 3.8) is 0 Å². The molecule has 0 atom stereocenters. The van der Waals surface area contributed by atoms with Crippen LogP contribution in [0.5, 0.6) is 5.75 Å². The van der Waals surface area contributed by atoms with Crippen LogP contribution in [0, 0.1) is 0 Å². The third kappa shape index (κ3) is 3.73. The first kappa shape index (κ1) is 18.4. The summed E-state index contributed by atoms with van der Waals surface area (Å²) in [4.78, 5) is 37.6. The average molecular weight is 386 g/mol. The molecule has 1 heterocycles. The van der Waals surface area contributed by atoms with E-state index < -0.39 is 0 Å². The number of imide groups is 1. The predicted molar refractivity (Wildman–Crippen MR) is 108 cm³/mol. The molecule has 0 unspecified atom stereocenters. The lowest BCUT2D eigenvalue weighted by Gasteiger charge is -2.08. The minimum absolute atomic E-state index is 0.295. The second-order valence-electron chi connectivity index (χ2n) is 6.68. The van der Waals surface area contributed by atoms with E-state index in [0.717, 1.165) is 16.2 Å². The monoisotopic (exact) mass is 386 g/mol. The fraction of sp³-hybridized carbons (Fsp3) is 0.0870. The molecule has 0 aliphatic carbocycles. The Hall–Kier alpha value is -3.93. The van der Waals surface area contributed by atoms with E-state index in [4.69, 9.17) is 4.74 Å². The van der Waals surface area contributed by atoms with E-state index in [1.54, 1.807) is 24.3 Å². The highest BCUT2D eigenvalue weighted by molar-refractivity contribution is 6.21. The van der Waals surface area contributed by atoms with Gasteiger partial charge in [-0.05, 0) is 48.0 Å². The Kier molecular flexibility index (Phi) is 4.83. The molecular formula is C23H18N2O4. The van der Waals surface area contributed by atoms with E-state index in [9.17, 15) is 14.4 Å². The van der Waals surface area contributed by atoms with Gasteiger partial charge in [0.1, 0.15) is 12.4 Å². The number of hydrogen-bond acceptors (Lipinski definition) is 4. The smallest absolute Gasteiger partial charge is 0.261 e. The summed E-state index contributed by atoms with van der Waals surface area (Å²) in [5, 5.41) is 2.76. The van der Waals surface area contributed by atoms with Crippen LogP contribution >= 0.6 is 0 Å². The van der Waals surface area contributed by atoms with Gasteiger partial charge in [-0.3, -0.25) is 19.3 Å². The van der Waals surface area contributed by atoms with E-state index >= 15 is 0 Å². The first-order chi connectivity index (χ1) is 14.0. The van der Waals surface area contributed by atoms with Crippen molar-refractivity contribution in [1.29, 1.82) is 0 Å². The number of carbonyl (C=O) groups excluding carboxylic acids is 3. The van der Waals surface area contributed by atoms with Gasteiger partial charge < -0.3 is 10.1 Å². The molecule has 6 heteroatoms. The molecule has 3 amide bonds. The molecule has 6 nitrogen and oxygen atoms in total. The van der Waals surface area contributed by atoms with Crippen LogP contribution in [0.15, 0.2) is 72.8 Å². The van der Waals surface area contributed by atoms with E-state index in [-0.39, 0.29) is 17.7 Å². The summed E-state index contributed by atoms with van der Waals surface area (Å²) >= 11 is 0. The number of benzene rings is 3. The molecule has 144 valence electrons. The molecule has 0 spiro atoms. The minimum atomic E-state index is -0.371. The quantitative estimate of drug-likeness (QED) is 0.678. The number of fused-ring (bicyclic) bond motifs is 1. The number of para-hydroxylation sites is 1.